The summed E-state index contributed by atoms with van der Waals surface area (Å²) in [5.74, 6) is -0.971. The lowest BCUT2D eigenvalue weighted by molar-refractivity contribution is -0.137. The van der Waals surface area contributed by atoms with E-state index in [4.69, 9.17) is 4.74 Å². The number of alkyl halides is 3. The van der Waals surface area contributed by atoms with Gasteiger partial charge in [-0.15, -0.1) is 0 Å². The Morgan fingerprint density at radius 2 is 1.86 bits per heavy atom. The van der Waals surface area contributed by atoms with E-state index in [9.17, 15) is 26.0 Å². The van der Waals surface area contributed by atoms with Crippen LogP contribution in [-0.4, -0.2) is 64.7 Å². The molecular weight excluding hydrogens is 486 g/mol. The van der Waals surface area contributed by atoms with Crippen LogP contribution in [0.4, 0.5) is 28.9 Å². The smallest absolute Gasteiger partial charge is 0.383 e. The van der Waals surface area contributed by atoms with Crippen molar-refractivity contribution in [3.05, 3.63) is 53.8 Å². The molecule has 2 aliphatic rings. The SMILES string of the molecule is COC[C@@H]1CCCN1c1cccc(S(=O)(=O)N2CCN(c3ccc(F)cc3C(F)(F)F)C[C@H]2C)c1. The summed E-state index contributed by atoms with van der Waals surface area (Å²) < 4.78 is 87.7. The summed E-state index contributed by atoms with van der Waals surface area (Å²) in [6.45, 7) is 3.15. The zero-order valence-electron chi connectivity index (χ0n) is 19.6. The molecule has 2 heterocycles. The van der Waals surface area contributed by atoms with Crippen molar-refractivity contribution in [1.29, 1.82) is 0 Å². The molecule has 0 unspecified atom stereocenters. The molecule has 0 amide bonds. The zero-order chi connectivity index (χ0) is 25.4. The number of benzene rings is 2. The molecule has 0 aromatic heterocycles. The Hall–Kier alpha value is -2.37. The molecule has 192 valence electrons. The topological polar surface area (TPSA) is 53.1 Å². The van der Waals surface area contributed by atoms with Crippen molar-refractivity contribution in [2.24, 2.45) is 0 Å². The summed E-state index contributed by atoms with van der Waals surface area (Å²) >= 11 is 0. The van der Waals surface area contributed by atoms with Crippen molar-refractivity contribution in [3.63, 3.8) is 0 Å². The lowest BCUT2D eigenvalue weighted by Crippen LogP contribution is -2.54. The largest absolute Gasteiger partial charge is 0.418 e. The van der Waals surface area contributed by atoms with Crippen molar-refractivity contribution in [1.82, 2.24) is 4.31 Å². The minimum Gasteiger partial charge on any atom is -0.383 e. The average molecular weight is 516 g/mol. The van der Waals surface area contributed by atoms with Gasteiger partial charge in [0, 0.05) is 50.7 Å². The van der Waals surface area contributed by atoms with Gasteiger partial charge in [-0.1, -0.05) is 6.07 Å². The standard InChI is InChI=1S/C24H29F4N3O3S/c1-17-15-29(23-9-8-18(25)13-22(23)24(26,27)28)11-12-31(17)35(32,33)21-7-3-5-19(14-21)30-10-4-6-20(30)16-34-2/h3,5,7-9,13-14,17,20H,4,6,10-12,15-16H2,1-2H3/t17-,20+/m1/s1. The molecule has 35 heavy (non-hydrogen) atoms. The summed E-state index contributed by atoms with van der Waals surface area (Å²) in [5.41, 5.74) is -0.411. The molecule has 11 heteroatoms. The lowest BCUT2D eigenvalue weighted by Gasteiger charge is -2.41. The summed E-state index contributed by atoms with van der Waals surface area (Å²) in [6, 6.07) is 8.94. The van der Waals surface area contributed by atoms with Crippen LogP contribution >= 0.6 is 0 Å². The minimum atomic E-state index is -4.72. The fourth-order valence-electron chi connectivity index (χ4n) is 5.03. The van der Waals surface area contributed by atoms with Crippen LogP contribution in [0.2, 0.25) is 0 Å². The minimum absolute atomic E-state index is 0.0123. The van der Waals surface area contributed by atoms with Crippen LogP contribution in [-0.2, 0) is 20.9 Å². The molecule has 0 radical (unpaired) electrons. The molecule has 0 spiro atoms. The first-order valence-electron chi connectivity index (χ1n) is 11.5. The van der Waals surface area contributed by atoms with E-state index in [2.05, 4.69) is 4.90 Å². The van der Waals surface area contributed by atoms with Crippen LogP contribution in [0, 0.1) is 5.82 Å². The number of nitrogens with zero attached hydrogens (tertiary/aromatic N) is 3. The number of piperazine rings is 1. The van der Waals surface area contributed by atoms with Crippen LogP contribution in [0.25, 0.3) is 0 Å². The highest BCUT2D eigenvalue weighted by molar-refractivity contribution is 7.89. The van der Waals surface area contributed by atoms with Gasteiger partial charge in [0.15, 0.2) is 0 Å². The number of sulfonamides is 1. The van der Waals surface area contributed by atoms with Crippen LogP contribution in [0.3, 0.4) is 0 Å². The first kappa shape index (κ1) is 25.7. The highest BCUT2D eigenvalue weighted by Crippen LogP contribution is 2.38. The van der Waals surface area contributed by atoms with Gasteiger partial charge in [0.05, 0.1) is 23.1 Å². The van der Waals surface area contributed by atoms with Crippen molar-refractivity contribution in [2.45, 2.75) is 42.9 Å². The van der Waals surface area contributed by atoms with Crippen LogP contribution < -0.4 is 9.80 Å². The predicted molar refractivity (Wildman–Crippen MR) is 126 cm³/mol. The zero-order valence-corrected chi connectivity index (χ0v) is 20.4. The molecule has 4 rings (SSSR count). The van der Waals surface area contributed by atoms with Crippen LogP contribution in [0.1, 0.15) is 25.3 Å². The van der Waals surface area contributed by atoms with Crippen LogP contribution in [0.5, 0.6) is 0 Å². The molecule has 2 atom stereocenters. The Morgan fingerprint density at radius 3 is 2.54 bits per heavy atom. The third-order valence-electron chi connectivity index (χ3n) is 6.66. The van der Waals surface area contributed by atoms with E-state index in [1.807, 2.05) is 6.07 Å². The molecule has 2 saturated heterocycles. The van der Waals surface area contributed by atoms with Gasteiger partial charge in [0.25, 0.3) is 0 Å². The van der Waals surface area contributed by atoms with E-state index in [-0.39, 0.29) is 36.3 Å². The Labute approximate surface area is 203 Å². The molecule has 2 aromatic carbocycles. The number of anilines is 2. The Morgan fingerprint density at radius 1 is 1.09 bits per heavy atom. The van der Waals surface area contributed by atoms with Crippen molar-refractivity contribution >= 4 is 21.4 Å². The number of hydrogen-bond donors (Lipinski definition) is 0. The Balaban J connectivity index is 1.55. The number of methoxy groups -OCH3 is 1. The van der Waals surface area contributed by atoms with E-state index < -0.39 is 33.6 Å². The summed E-state index contributed by atoms with van der Waals surface area (Å²) in [4.78, 5) is 3.77. The normalized spacial score (nSPS) is 22.1. The number of halogens is 4. The number of rotatable bonds is 6. The summed E-state index contributed by atoms with van der Waals surface area (Å²) in [5, 5.41) is 0. The third kappa shape index (κ3) is 5.26. The molecule has 0 bridgehead atoms. The van der Waals surface area contributed by atoms with Gasteiger partial charge in [0.1, 0.15) is 5.82 Å². The predicted octanol–water partition coefficient (Wildman–Crippen LogP) is 4.36. The van der Waals surface area contributed by atoms with E-state index >= 15 is 0 Å². The quantitative estimate of drug-likeness (QED) is 0.536. The number of hydrogen-bond acceptors (Lipinski definition) is 5. The molecule has 0 saturated carbocycles. The second kappa shape index (κ2) is 9.94. The van der Waals surface area contributed by atoms with Gasteiger partial charge < -0.3 is 14.5 Å². The molecular formula is C24H29F4N3O3S. The highest BCUT2D eigenvalue weighted by atomic mass is 32.2. The first-order chi connectivity index (χ1) is 16.5. The highest BCUT2D eigenvalue weighted by Gasteiger charge is 2.39. The monoisotopic (exact) mass is 515 g/mol. The average Bonchev–Trinajstić information content (AvgIpc) is 3.27. The molecule has 0 N–H and O–H groups in total. The second-order valence-electron chi connectivity index (χ2n) is 9.01. The third-order valence-corrected chi connectivity index (χ3v) is 8.67. The Kier molecular flexibility index (Phi) is 7.31. The lowest BCUT2D eigenvalue weighted by atomic mass is 10.1. The number of ether oxygens (including phenoxy) is 1. The van der Waals surface area contributed by atoms with E-state index in [0.29, 0.717) is 12.7 Å². The second-order valence-corrected chi connectivity index (χ2v) is 10.9. The fraction of sp³-hybridized carbons (Fsp3) is 0.500. The van der Waals surface area contributed by atoms with Gasteiger partial charge in [-0.25, -0.2) is 12.8 Å². The maximum Gasteiger partial charge on any atom is 0.418 e. The van der Waals surface area contributed by atoms with Gasteiger partial charge in [-0.2, -0.15) is 17.5 Å². The van der Waals surface area contributed by atoms with Gasteiger partial charge >= 0.3 is 6.18 Å². The maximum absolute atomic E-state index is 13.5. The van der Waals surface area contributed by atoms with E-state index in [1.165, 1.54) is 9.21 Å². The molecule has 2 fully saturated rings. The van der Waals surface area contributed by atoms with E-state index in [0.717, 1.165) is 37.2 Å². The fourth-order valence-corrected chi connectivity index (χ4v) is 6.68. The van der Waals surface area contributed by atoms with E-state index in [1.54, 1.807) is 32.2 Å². The molecule has 6 nitrogen and oxygen atoms in total. The molecule has 2 aliphatic heterocycles. The summed E-state index contributed by atoms with van der Waals surface area (Å²) in [6.07, 6.45) is -2.76. The van der Waals surface area contributed by atoms with Crippen molar-refractivity contribution < 1.29 is 30.7 Å². The van der Waals surface area contributed by atoms with Gasteiger partial charge in [0.2, 0.25) is 10.0 Å². The molecule has 2 aromatic rings. The van der Waals surface area contributed by atoms with Gasteiger partial charge in [-0.05, 0) is 56.2 Å². The van der Waals surface area contributed by atoms with Crippen LogP contribution in [0.15, 0.2) is 47.4 Å². The maximum atomic E-state index is 13.5. The first-order valence-corrected chi connectivity index (χ1v) is 13.0. The summed E-state index contributed by atoms with van der Waals surface area (Å²) in [7, 11) is -2.24. The van der Waals surface area contributed by atoms with Gasteiger partial charge in [-0.3, -0.25) is 0 Å². The molecule has 0 aliphatic carbocycles. The van der Waals surface area contributed by atoms with Crippen molar-refractivity contribution in [3.8, 4) is 0 Å². The van der Waals surface area contributed by atoms with Crippen molar-refractivity contribution in [2.75, 3.05) is 49.7 Å². The Bertz CT molecular complexity index is 1160.